The number of nitro groups is 1. The van der Waals surface area contributed by atoms with E-state index in [4.69, 9.17) is 5.26 Å². The summed E-state index contributed by atoms with van der Waals surface area (Å²) in [7, 11) is 0. The molecule has 0 spiro atoms. The van der Waals surface area contributed by atoms with E-state index in [0.29, 0.717) is 0 Å². The number of aromatic nitrogens is 1. The van der Waals surface area contributed by atoms with Crippen molar-refractivity contribution in [2.75, 3.05) is 6.54 Å². The molecule has 1 aromatic heterocycles. The summed E-state index contributed by atoms with van der Waals surface area (Å²) in [6, 6.07) is 25.1. The predicted molar refractivity (Wildman–Crippen MR) is 115 cm³/mol. The highest BCUT2D eigenvalue weighted by Crippen LogP contribution is 2.39. The van der Waals surface area contributed by atoms with E-state index in [-0.39, 0.29) is 11.5 Å². The molecule has 142 valence electrons. The molecule has 0 bridgehead atoms. The summed E-state index contributed by atoms with van der Waals surface area (Å²) in [5, 5.41) is 23.6. The molecule has 29 heavy (non-hydrogen) atoms. The van der Waals surface area contributed by atoms with E-state index in [1.807, 2.05) is 78.9 Å². The molecular formula is C23H17N3O2S. The molecule has 0 aliphatic carbocycles. The van der Waals surface area contributed by atoms with Crippen LogP contribution >= 0.6 is 11.8 Å². The number of hydrogen-bond donors (Lipinski definition) is 1. The number of fused-ring (bicyclic) bond motifs is 1. The molecule has 0 aliphatic rings. The van der Waals surface area contributed by atoms with Crippen LogP contribution in [0.25, 0.3) is 22.2 Å². The largest absolute Gasteiger partial charge is 0.354 e. The van der Waals surface area contributed by atoms with Crippen LogP contribution in [0.3, 0.4) is 0 Å². The number of nitrogens with one attached hydrogen (secondary N) is 1. The SMILES string of the molecule is N#CSc1cccc(-c2[nH]c3ccccc3c2C(C[N+](=O)[O-])c2ccccc2)c1. The van der Waals surface area contributed by atoms with Crippen molar-refractivity contribution in [1.29, 1.82) is 5.26 Å². The van der Waals surface area contributed by atoms with Gasteiger partial charge in [-0.25, -0.2) is 0 Å². The van der Waals surface area contributed by atoms with E-state index in [1.54, 1.807) is 0 Å². The van der Waals surface area contributed by atoms with Crippen LogP contribution in [-0.2, 0) is 0 Å². The number of para-hydroxylation sites is 1. The van der Waals surface area contributed by atoms with Crippen LogP contribution < -0.4 is 0 Å². The molecule has 0 aliphatic heterocycles. The van der Waals surface area contributed by atoms with Gasteiger partial charge in [-0.3, -0.25) is 10.1 Å². The van der Waals surface area contributed by atoms with Crippen LogP contribution in [0.4, 0.5) is 0 Å². The first kappa shape index (κ1) is 18.8. The Balaban J connectivity index is 1.97. The van der Waals surface area contributed by atoms with Crippen molar-refractivity contribution in [3.05, 3.63) is 100 Å². The van der Waals surface area contributed by atoms with Crippen LogP contribution in [0, 0.1) is 20.8 Å². The molecule has 0 amide bonds. The second-order valence-corrected chi connectivity index (χ2v) is 7.52. The molecule has 0 radical (unpaired) electrons. The minimum atomic E-state index is -0.398. The lowest BCUT2D eigenvalue weighted by Crippen LogP contribution is -2.14. The second-order valence-electron chi connectivity index (χ2n) is 6.66. The third kappa shape index (κ3) is 3.86. The smallest absolute Gasteiger partial charge is 0.214 e. The van der Waals surface area contributed by atoms with Crippen molar-refractivity contribution in [3.63, 3.8) is 0 Å². The lowest BCUT2D eigenvalue weighted by atomic mass is 9.87. The molecule has 1 N–H and O–H groups in total. The molecule has 6 heteroatoms. The topological polar surface area (TPSA) is 82.7 Å². The fourth-order valence-electron chi connectivity index (χ4n) is 3.72. The molecule has 1 unspecified atom stereocenters. The van der Waals surface area contributed by atoms with Crippen LogP contribution in [0.2, 0.25) is 0 Å². The fourth-order valence-corrected chi connectivity index (χ4v) is 4.16. The van der Waals surface area contributed by atoms with Gasteiger partial charge in [-0.05, 0) is 46.7 Å². The number of benzene rings is 3. The van der Waals surface area contributed by atoms with Gasteiger partial charge in [0, 0.05) is 20.7 Å². The zero-order chi connectivity index (χ0) is 20.2. The summed E-state index contributed by atoms with van der Waals surface area (Å²) in [5.74, 6) is -0.398. The molecule has 5 nitrogen and oxygen atoms in total. The number of H-pyrrole nitrogens is 1. The van der Waals surface area contributed by atoms with Gasteiger partial charge in [0.25, 0.3) is 0 Å². The number of hydrogen-bond acceptors (Lipinski definition) is 4. The predicted octanol–water partition coefficient (Wildman–Crippen LogP) is 5.82. The first-order chi connectivity index (χ1) is 14.2. The quantitative estimate of drug-likeness (QED) is 0.192. The Labute approximate surface area is 172 Å². The number of thiocyanates is 1. The highest BCUT2D eigenvalue weighted by Gasteiger charge is 2.27. The molecule has 0 fully saturated rings. The summed E-state index contributed by atoms with van der Waals surface area (Å²) in [6.07, 6.45) is 0. The van der Waals surface area contributed by atoms with Gasteiger partial charge in [0.15, 0.2) is 0 Å². The maximum Gasteiger partial charge on any atom is 0.214 e. The van der Waals surface area contributed by atoms with Crippen LogP contribution in [0.1, 0.15) is 17.0 Å². The zero-order valence-corrected chi connectivity index (χ0v) is 16.2. The summed E-state index contributed by atoms with van der Waals surface area (Å²) >= 11 is 1.10. The van der Waals surface area contributed by atoms with Crippen molar-refractivity contribution in [2.24, 2.45) is 0 Å². The summed E-state index contributed by atoms with van der Waals surface area (Å²) in [4.78, 5) is 15.6. The van der Waals surface area contributed by atoms with Gasteiger partial charge in [-0.1, -0.05) is 60.7 Å². The lowest BCUT2D eigenvalue weighted by molar-refractivity contribution is -0.481. The lowest BCUT2D eigenvalue weighted by Gasteiger charge is -2.16. The minimum absolute atomic E-state index is 0.203. The monoisotopic (exact) mass is 399 g/mol. The molecule has 1 heterocycles. The summed E-state index contributed by atoms with van der Waals surface area (Å²) < 4.78 is 0. The minimum Gasteiger partial charge on any atom is -0.354 e. The Kier molecular flexibility index (Phi) is 5.32. The van der Waals surface area contributed by atoms with Gasteiger partial charge in [0.1, 0.15) is 5.40 Å². The molecule has 1 atom stereocenters. The number of nitrogens with zero attached hydrogens (tertiary/aromatic N) is 2. The molecular weight excluding hydrogens is 382 g/mol. The van der Waals surface area contributed by atoms with Gasteiger partial charge in [-0.2, -0.15) is 5.26 Å². The number of aromatic amines is 1. The Hall–Kier alpha value is -3.56. The van der Waals surface area contributed by atoms with E-state index in [2.05, 4.69) is 10.4 Å². The maximum atomic E-state index is 11.6. The fraction of sp³-hybridized carbons (Fsp3) is 0.0870. The third-order valence-electron chi connectivity index (χ3n) is 4.91. The van der Waals surface area contributed by atoms with Crippen LogP contribution in [0.5, 0.6) is 0 Å². The van der Waals surface area contributed by atoms with E-state index in [9.17, 15) is 10.1 Å². The number of thioether (sulfide) groups is 1. The van der Waals surface area contributed by atoms with E-state index >= 15 is 0 Å². The van der Waals surface area contributed by atoms with Crippen LogP contribution in [0.15, 0.2) is 83.8 Å². The van der Waals surface area contributed by atoms with Gasteiger partial charge >= 0.3 is 0 Å². The first-order valence-corrected chi connectivity index (χ1v) is 9.92. The van der Waals surface area contributed by atoms with E-state index in [1.165, 1.54) is 0 Å². The Morgan fingerprint density at radius 2 is 1.79 bits per heavy atom. The van der Waals surface area contributed by atoms with Crippen molar-refractivity contribution in [2.45, 2.75) is 10.8 Å². The standard InChI is InChI=1S/C23H17N3O2S/c24-15-29-18-10-6-9-17(13-18)23-22(19-11-4-5-12-21(19)25-23)20(14-26(27)28)16-7-2-1-3-8-16/h1-13,20,25H,14H2. The molecule has 0 saturated heterocycles. The Morgan fingerprint density at radius 3 is 2.55 bits per heavy atom. The Bertz CT molecular complexity index is 1210. The average molecular weight is 399 g/mol. The zero-order valence-electron chi connectivity index (χ0n) is 15.4. The molecule has 0 saturated carbocycles. The Morgan fingerprint density at radius 1 is 1.03 bits per heavy atom. The molecule has 4 rings (SSSR count). The van der Waals surface area contributed by atoms with E-state index < -0.39 is 5.92 Å². The summed E-state index contributed by atoms with van der Waals surface area (Å²) in [6.45, 7) is -0.203. The highest BCUT2D eigenvalue weighted by atomic mass is 32.2. The summed E-state index contributed by atoms with van der Waals surface area (Å²) in [5.41, 5.74) is 4.49. The molecule has 3 aromatic carbocycles. The van der Waals surface area contributed by atoms with Gasteiger partial charge < -0.3 is 4.98 Å². The van der Waals surface area contributed by atoms with E-state index in [0.717, 1.165) is 49.9 Å². The third-order valence-corrected chi connectivity index (χ3v) is 5.50. The number of nitriles is 1. The highest BCUT2D eigenvalue weighted by molar-refractivity contribution is 8.03. The normalized spacial score (nSPS) is 11.8. The van der Waals surface area contributed by atoms with Gasteiger partial charge in [0.2, 0.25) is 6.54 Å². The van der Waals surface area contributed by atoms with Crippen molar-refractivity contribution in [1.82, 2.24) is 4.98 Å². The van der Waals surface area contributed by atoms with Crippen molar-refractivity contribution in [3.8, 4) is 16.7 Å². The van der Waals surface area contributed by atoms with Crippen LogP contribution in [-0.4, -0.2) is 16.5 Å². The van der Waals surface area contributed by atoms with Crippen molar-refractivity contribution < 1.29 is 4.92 Å². The first-order valence-electron chi connectivity index (χ1n) is 9.11. The second kappa shape index (κ2) is 8.21. The maximum absolute atomic E-state index is 11.6. The van der Waals surface area contributed by atoms with Gasteiger partial charge in [-0.15, -0.1) is 0 Å². The molecule has 4 aromatic rings. The van der Waals surface area contributed by atoms with Crippen molar-refractivity contribution >= 4 is 22.7 Å². The number of rotatable bonds is 6. The average Bonchev–Trinajstić information content (AvgIpc) is 3.12. The van der Waals surface area contributed by atoms with Gasteiger partial charge in [0.05, 0.1) is 11.6 Å².